The van der Waals surface area contributed by atoms with E-state index in [9.17, 15) is 5.11 Å². The highest BCUT2D eigenvalue weighted by molar-refractivity contribution is 7.13. The molecule has 0 amide bonds. The van der Waals surface area contributed by atoms with E-state index in [2.05, 4.69) is 23.6 Å². The van der Waals surface area contributed by atoms with E-state index in [1.807, 2.05) is 18.2 Å². The van der Waals surface area contributed by atoms with Crippen LogP contribution >= 0.6 is 11.3 Å². The van der Waals surface area contributed by atoms with Crippen molar-refractivity contribution in [3.05, 3.63) is 65.0 Å². The summed E-state index contributed by atoms with van der Waals surface area (Å²) in [5.74, 6) is 1.59. The van der Waals surface area contributed by atoms with Crippen molar-refractivity contribution in [2.75, 3.05) is 21.3 Å². The summed E-state index contributed by atoms with van der Waals surface area (Å²) in [7, 11) is 4.70. The summed E-state index contributed by atoms with van der Waals surface area (Å²) < 4.78 is 16.1. The van der Waals surface area contributed by atoms with Gasteiger partial charge >= 0.3 is 0 Å². The van der Waals surface area contributed by atoms with Crippen molar-refractivity contribution in [1.82, 2.24) is 0 Å². The first-order valence-corrected chi connectivity index (χ1v) is 9.15. The van der Waals surface area contributed by atoms with Crippen LogP contribution in [0.5, 0.6) is 17.2 Å². The molecule has 0 aliphatic rings. The maximum absolute atomic E-state index is 10.9. The van der Waals surface area contributed by atoms with Crippen LogP contribution in [-0.4, -0.2) is 26.4 Å². The van der Waals surface area contributed by atoms with Crippen LogP contribution in [-0.2, 0) is 6.42 Å². The molecule has 1 unspecified atom stereocenters. The molecular formula is C21H22O4S. The number of ether oxygens (including phenoxy) is 3. The van der Waals surface area contributed by atoms with Crippen molar-refractivity contribution < 1.29 is 19.3 Å². The minimum Gasteiger partial charge on any atom is -0.493 e. The van der Waals surface area contributed by atoms with Crippen LogP contribution in [0.4, 0.5) is 0 Å². The SMILES string of the molecule is COc1cc(C(O)Cc2ccccc2-c2cccs2)cc(OC)c1OC. The fraction of sp³-hybridized carbons (Fsp3) is 0.238. The third kappa shape index (κ3) is 3.69. The molecule has 0 saturated carbocycles. The van der Waals surface area contributed by atoms with Crippen LogP contribution in [0.15, 0.2) is 53.9 Å². The third-order valence-corrected chi connectivity index (χ3v) is 5.19. The largest absolute Gasteiger partial charge is 0.493 e. The van der Waals surface area contributed by atoms with Crippen LogP contribution in [0, 0.1) is 0 Å². The quantitative estimate of drug-likeness (QED) is 0.654. The number of hydrogen-bond donors (Lipinski definition) is 1. The molecule has 0 aliphatic carbocycles. The molecule has 1 heterocycles. The Hall–Kier alpha value is -2.50. The topological polar surface area (TPSA) is 47.9 Å². The monoisotopic (exact) mass is 370 g/mol. The molecule has 0 aliphatic heterocycles. The zero-order valence-corrected chi connectivity index (χ0v) is 15.9. The van der Waals surface area contributed by atoms with E-state index in [1.165, 1.54) is 4.88 Å². The first-order chi connectivity index (χ1) is 12.7. The molecular weight excluding hydrogens is 348 g/mol. The van der Waals surface area contributed by atoms with Gasteiger partial charge in [-0.05, 0) is 40.3 Å². The van der Waals surface area contributed by atoms with E-state index in [0.717, 1.165) is 16.7 Å². The fourth-order valence-electron chi connectivity index (χ4n) is 2.99. The lowest BCUT2D eigenvalue weighted by Crippen LogP contribution is -2.05. The summed E-state index contributed by atoms with van der Waals surface area (Å²) in [5.41, 5.74) is 2.96. The first kappa shape index (κ1) is 18.3. The fourth-order valence-corrected chi connectivity index (χ4v) is 3.78. The normalized spacial score (nSPS) is 11.8. The van der Waals surface area contributed by atoms with E-state index in [0.29, 0.717) is 23.7 Å². The number of hydrogen-bond acceptors (Lipinski definition) is 5. The number of methoxy groups -OCH3 is 3. The van der Waals surface area contributed by atoms with Crippen molar-refractivity contribution in [3.8, 4) is 27.7 Å². The molecule has 0 spiro atoms. The van der Waals surface area contributed by atoms with Gasteiger partial charge < -0.3 is 19.3 Å². The van der Waals surface area contributed by atoms with Crippen LogP contribution in [0.1, 0.15) is 17.2 Å². The van der Waals surface area contributed by atoms with Crippen LogP contribution in [0.25, 0.3) is 10.4 Å². The van der Waals surface area contributed by atoms with Crippen LogP contribution in [0.2, 0.25) is 0 Å². The Kier molecular flexibility index (Phi) is 5.81. The second-order valence-electron chi connectivity index (χ2n) is 5.81. The average Bonchev–Trinajstić information content (AvgIpc) is 3.21. The molecule has 1 aromatic heterocycles. The molecule has 26 heavy (non-hydrogen) atoms. The van der Waals surface area contributed by atoms with E-state index >= 15 is 0 Å². The number of rotatable bonds is 7. The van der Waals surface area contributed by atoms with Gasteiger partial charge in [-0.1, -0.05) is 30.3 Å². The Morgan fingerprint density at radius 1 is 0.923 bits per heavy atom. The van der Waals surface area contributed by atoms with Crippen molar-refractivity contribution in [3.63, 3.8) is 0 Å². The number of aliphatic hydroxyl groups is 1. The standard InChI is InChI=1S/C21H22O4S/c1-23-18-12-15(13-19(24-2)21(18)25-3)17(22)11-14-7-4-5-8-16(14)20-9-6-10-26-20/h4-10,12-13,17,22H,11H2,1-3H3. The Labute approximate surface area is 157 Å². The molecule has 0 bridgehead atoms. The second-order valence-corrected chi connectivity index (χ2v) is 6.76. The van der Waals surface area contributed by atoms with Gasteiger partial charge in [0, 0.05) is 11.3 Å². The Balaban J connectivity index is 1.93. The number of thiophene rings is 1. The summed E-state index contributed by atoms with van der Waals surface area (Å²) in [5, 5.41) is 12.9. The average molecular weight is 370 g/mol. The molecule has 0 fully saturated rings. The van der Waals surface area contributed by atoms with Crippen molar-refractivity contribution >= 4 is 11.3 Å². The number of benzene rings is 2. The number of aliphatic hydroxyl groups excluding tert-OH is 1. The summed E-state index contributed by atoms with van der Waals surface area (Å²) in [4.78, 5) is 1.19. The highest BCUT2D eigenvalue weighted by Gasteiger charge is 2.19. The van der Waals surface area contributed by atoms with Gasteiger partial charge in [0.25, 0.3) is 0 Å². The van der Waals surface area contributed by atoms with Gasteiger partial charge in [0.15, 0.2) is 11.5 Å². The minimum absolute atomic E-state index is 0.493. The van der Waals surface area contributed by atoms with Crippen LogP contribution < -0.4 is 14.2 Å². The lowest BCUT2D eigenvalue weighted by molar-refractivity contribution is 0.177. The summed E-state index contributed by atoms with van der Waals surface area (Å²) in [6.45, 7) is 0. The minimum atomic E-state index is -0.690. The molecule has 5 heteroatoms. The maximum Gasteiger partial charge on any atom is 0.203 e. The van der Waals surface area contributed by atoms with Gasteiger partial charge in [0.2, 0.25) is 5.75 Å². The van der Waals surface area contributed by atoms with E-state index in [1.54, 1.807) is 44.8 Å². The van der Waals surface area contributed by atoms with Gasteiger partial charge in [-0.15, -0.1) is 11.3 Å². The summed E-state index contributed by atoms with van der Waals surface area (Å²) in [6.07, 6.45) is -0.197. The lowest BCUT2D eigenvalue weighted by Gasteiger charge is -2.18. The third-order valence-electron chi connectivity index (χ3n) is 4.29. The highest BCUT2D eigenvalue weighted by atomic mass is 32.1. The molecule has 0 radical (unpaired) electrons. The molecule has 2 aromatic carbocycles. The van der Waals surface area contributed by atoms with Gasteiger partial charge in [-0.25, -0.2) is 0 Å². The smallest absolute Gasteiger partial charge is 0.203 e. The van der Waals surface area contributed by atoms with E-state index in [4.69, 9.17) is 14.2 Å². The highest BCUT2D eigenvalue weighted by Crippen LogP contribution is 2.40. The van der Waals surface area contributed by atoms with Crippen molar-refractivity contribution in [2.45, 2.75) is 12.5 Å². The second kappa shape index (κ2) is 8.25. The molecule has 3 aromatic rings. The lowest BCUT2D eigenvalue weighted by atomic mass is 9.96. The zero-order chi connectivity index (χ0) is 18.5. The molecule has 0 saturated heterocycles. The van der Waals surface area contributed by atoms with Crippen LogP contribution in [0.3, 0.4) is 0 Å². The first-order valence-electron chi connectivity index (χ1n) is 8.27. The summed E-state index contributed by atoms with van der Waals surface area (Å²) >= 11 is 1.69. The molecule has 4 nitrogen and oxygen atoms in total. The van der Waals surface area contributed by atoms with Gasteiger partial charge in [-0.2, -0.15) is 0 Å². The van der Waals surface area contributed by atoms with E-state index < -0.39 is 6.10 Å². The summed E-state index contributed by atoms with van der Waals surface area (Å²) in [6, 6.07) is 15.9. The Morgan fingerprint density at radius 3 is 2.19 bits per heavy atom. The predicted octanol–water partition coefficient (Wildman–Crippen LogP) is 4.72. The zero-order valence-electron chi connectivity index (χ0n) is 15.1. The maximum atomic E-state index is 10.9. The predicted molar refractivity (Wildman–Crippen MR) is 105 cm³/mol. The molecule has 3 rings (SSSR count). The molecule has 1 atom stereocenters. The Bertz CT molecular complexity index is 833. The molecule has 1 N–H and O–H groups in total. The Morgan fingerprint density at radius 2 is 1.62 bits per heavy atom. The van der Waals surface area contributed by atoms with Crippen molar-refractivity contribution in [1.29, 1.82) is 0 Å². The van der Waals surface area contributed by atoms with Gasteiger partial charge in [0.05, 0.1) is 27.4 Å². The van der Waals surface area contributed by atoms with Crippen molar-refractivity contribution in [2.24, 2.45) is 0 Å². The van der Waals surface area contributed by atoms with Gasteiger partial charge in [0.1, 0.15) is 0 Å². The van der Waals surface area contributed by atoms with E-state index in [-0.39, 0.29) is 0 Å². The van der Waals surface area contributed by atoms with Gasteiger partial charge in [-0.3, -0.25) is 0 Å². The molecule has 136 valence electrons.